The highest BCUT2D eigenvalue weighted by molar-refractivity contribution is 7.91. The van der Waals surface area contributed by atoms with Gasteiger partial charge in [-0.1, -0.05) is 11.6 Å². The number of halogens is 2. The summed E-state index contributed by atoms with van der Waals surface area (Å²) in [5, 5.41) is 0. The Morgan fingerprint density at radius 3 is 2.46 bits per heavy atom. The third kappa shape index (κ3) is 3.71. The highest BCUT2D eigenvalue weighted by Gasteiger charge is 2.32. The first-order valence-corrected chi connectivity index (χ1v) is 10.3. The van der Waals surface area contributed by atoms with Gasteiger partial charge in [0.2, 0.25) is 0 Å². The van der Waals surface area contributed by atoms with Crippen molar-refractivity contribution in [3.8, 4) is 5.75 Å². The number of rotatable bonds is 4. The Hall–Kier alpha value is -1.68. The fourth-order valence-corrected chi connectivity index (χ4v) is 5.77. The van der Waals surface area contributed by atoms with Crippen LogP contribution in [0.1, 0.15) is 10.4 Å². The van der Waals surface area contributed by atoms with Gasteiger partial charge in [-0.15, -0.1) is 11.3 Å². The van der Waals surface area contributed by atoms with E-state index >= 15 is 0 Å². The first-order chi connectivity index (χ1) is 12.3. The Labute approximate surface area is 159 Å². The molecule has 0 N–H and O–H groups in total. The van der Waals surface area contributed by atoms with Crippen molar-refractivity contribution in [1.82, 2.24) is 9.21 Å². The Kier molecular flexibility index (Phi) is 5.52. The highest BCUT2D eigenvalue weighted by Crippen LogP contribution is 2.29. The molecular formula is C16H16ClFN2O4S2. The van der Waals surface area contributed by atoms with E-state index < -0.39 is 21.7 Å². The van der Waals surface area contributed by atoms with E-state index in [1.54, 1.807) is 0 Å². The maximum absolute atomic E-state index is 13.5. The van der Waals surface area contributed by atoms with Gasteiger partial charge in [-0.3, -0.25) is 4.79 Å². The Balaban J connectivity index is 1.73. The SMILES string of the molecule is COc1ccc(F)cc1C(=O)N1CCN(S(=O)(=O)c2ccc(Cl)s2)CC1. The first-order valence-electron chi connectivity index (χ1n) is 7.71. The molecule has 26 heavy (non-hydrogen) atoms. The van der Waals surface area contributed by atoms with E-state index in [0.717, 1.165) is 17.4 Å². The van der Waals surface area contributed by atoms with E-state index in [4.69, 9.17) is 16.3 Å². The number of hydrogen-bond donors (Lipinski definition) is 0. The van der Waals surface area contributed by atoms with Crippen LogP contribution in [0.15, 0.2) is 34.5 Å². The number of carbonyl (C=O) groups is 1. The molecule has 140 valence electrons. The van der Waals surface area contributed by atoms with Crippen LogP contribution in [0.3, 0.4) is 0 Å². The molecule has 0 radical (unpaired) electrons. The first kappa shape index (κ1) is 19.1. The average Bonchev–Trinajstić information content (AvgIpc) is 3.08. The van der Waals surface area contributed by atoms with E-state index in [2.05, 4.69) is 0 Å². The molecule has 6 nitrogen and oxygen atoms in total. The number of nitrogens with zero attached hydrogens (tertiary/aromatic N) is 2. The summed E-state index contributed by atoms with van der Waals surface area (Å²) in [6, 6.07) is 6.74. The number of benzene rings is 1. The van der Waals surface area contributed by atoms with Crippen molar-refractivity contribution in [2.75, 3.05) is 33.3 Å². The minimum absolute atomic E-state index is 0.119. The lowest BCUT2D eigenvalue weighted by atomic mass is 10.1. The van der Waals surface area contributed by atoms with E-state index in [-0.39, 0.29) is 41.7 Å². The molecule has 1 fully saturated rings. The summed E-state index contributed by atoms with van der Waals surface area (Å²) in [5.41, 5.74) is 0.119. The molecule has 1 aromatic carbocycles. The second-order valence-corrected chi connectivity index (χ2v) is 9.48. The number of carbonyl (C=O) groups excluding carboxylic acids is 1. The average molecular weight is 419 g/mol. The molecule has 3 rings (SSSR count). The van der Waals surface area contributed by atoms with E-state index in [1.165, 1.54) is 40.6 Å². The molecule has 0 unspecified atom stereocenters. The standard InChI is InChI=1S/C16H16ClFN2O4S2/c1-24-13-3-2-11(18)10-12(13)16(21)19-6-8-20(9-7-19)26(22,23)15-5-4-14(17)25-15/h2-5,10H,6-9H2,1H3. The van der Waals surface area contributed by atoms with Crippen LogP contribution in [-0.4, -0.2) is 56.8 Å². The molecule has 0 spiro atoms. The van der Waals surface area contributed by atoms with Gasteiger partial charge in [0, 0.05) is 26.2 Å². The molecule has 1 saturated heterocycles. The number of sulfonamides is 1. The van der Waals surface area contributed by atoms with E-state index in [1.807, 2.05) is 0 Å². The third-order valence-corrected chi connectivity index (χ3v) is 7.66. The van der Waals surface area contributed by atoms with Crippen molar-refractivity contribution in [2.24, 2.45) is 0 Å². The smallest absolute Gasteiger partial charge is 0.257 e. The summed E-state index contributed by atoms with van der Waals surface area (Å²) in [7, 11) is -2.23. The van der Waals surface area contributed by atoms with Gasteiger partial charge in [0.05, 0.1) is 17.0 Å². The van der Waals surface area contributed by atoms with Crippen molar-refractivity contribution in [3.63, 3.8) is 0 Å². The topological polar surface area (TPSA) is 66.9 Å². The number of hydrogen-bond acceptors (Lipinski definition) is 5. The summed E-state index contributed by atoms with van der Waals surface area (Å²) in [6.07, 6.45) is 0. The fourth-order valence-electron chi connectivity index (χ4n) is 2.71. The maximum Gasteiger partial charge on any atom is 0.257 e. The summed E-state index contributed by atoms with van der Waals surface area (Å²) in [4.78, 5) is 14.1. The van der Waals surface area contributed by atoms with Gasteiger partial charge in [-0.25, -0.2) is 12.8 Å². The molecule has 1 aliphatic rings. The molecule has 2 heterocycles. The van der Waals surface area contributed by atoms with Gasteiger partial charge in [-0.05, 0) is 30.3 Å². The Morgan fingerprint density at radius 2 is 1.88 bits per heavy atom. The van der Waals surface area contributed by atoms with E-state index in [0.29, 0.717) is 4.34 Å². The number of piperazine rings is 1. The summed E-state index contributed by atoms with van der Waals surface area (Å²) in [5.74, 6) is -0.651. The van der Waals surface area contributed by atoms with Gasteiger partial charge in [0.15, 0.2) is 0 Å². The zero-order chi connectivity index (χ0) is 18.9. The van der Waals surface area contributed by atoms with Crippen LogP contribution in [0, 0.1) is 5.82 Å². The van der Waals surface area contributed by atoms with Crippen LogP contribution in [0.4, 0.5) is 4.39 Å². The largest absolute Gasteiger partial charge is 0.496 e. The summed E-state index contributed by atoms with van der Waals surface area (Å²) < 4.78 is 45.7. The third-order valence-electron chi connectivity index (χ3n) is 4.06. The number of ether oxygens (including phenoxy) is 1. The molecule has 1 aliphatic heterocycles. The van der Waals surface area contributed by atoms with Gasteiger partial charge < -0.3 is 9.64 Å². The van der Waals surface area contributed by atoms with Crippen molar-refractivity contribution < 1.29 is 22.3 Å². The summed E-state index contributed by atoms with van der Waals surface area (Å²) >= 11 is 6.82. The normalized spacial score (nSPS) is 15.9. The van der Waals surface area contributed by atoms with Crippen LogP contribution in [0.5, 0.6) is 5.75 Å². The van der Waals surface area contributed by atoms with Crippen molar-refractivity contribution in [2.45, 2.75) is 4.21 Å². The maximum atomic E-state index is 13.5. The number of thiophene rings is 1. The minimum atomic E-state index is -3.63. The zero-order valence-corrected chi connectivity index (χ0v) is 16.2. The lowest BCUT2D eigenvalue weighted by Gasteiger charge is -2.34. The van der Waals surface area contributed by atoms with Crippen LogP contribution in [0.2, 0.25) is 4.34 Å². The van der Waals surface area contributed by atoms with Crippen molar-refractivity contribution in [3.05, 3.63) is 46.0 Å². The zero-order valence-electron chi connectivity index (χ0n) is 13.8. The predicted molar refractivity (Wildman–Crippen MR) is 96.9 cm³/mol. The lowest BCUT2D eigenvalue weighted by Crippen LogP contribution is -2.50. The van der Waals surface area contributed by atoms with Crippen LogP contribution in [-0.2, 0) is 10.0 Å². The molecule has 0 bridgehead atoms. The highest BCUT2D eigenvalue weighted by atomic mass is 35.5. The molecule has 0 aliphatic carbocycles. The second kappa shape index (κ2) is 7.51. The van der Waals surface area contributed by atoms with Crippen molar-refractivity contribution >= 4 is 38.9 Å². The molecule has 1 aromatic heterocycles. The molecule has 0 atom stereocenters. The Morgan fingerprint density at radius 1 is 1.19 bits per heavy atom. The van der Waals surface area contributed by atoms with Gasteiger partial charge >= 0.3 is 0 Å². The molecule has 0 saturated carbocycles. The van der Waals surface area contributed by atoms with Gasteiger partial charge in [0.25, 0.3) is 15.9 Å². The van der Waals surface area contributed by atoms with Crippen molar-refractivity contribution in [1.29, 1.82) is 0 Å². The fraction of sp³-hybridized carbons (Fsp3) is 0.312. The predicted octanol–water partition coefficient (Wildman–Crippen LogP) is 2.70. The van der Waals surface area contributed by atoms with Crippen LogP contribution in [0.25, 0.3) is 0 Å². The van der Waals surface area contributed by atoms with Crippen LogP contribution >= 0.6 is 22.9 Å². The Bertz CT molecular complexity index is 924. The molecular weight excluding hydrogens is 403 g/mol. The minimum Gasteiger partial charge on any atom is -0.496 e. The molecule has 2 aromatic rings. The van der Waals surface area contributed by atoms with Gasteiger partial charge in [-0.2, -0.15) is 4.31 Å². The quantitative estimate of drug-likeness (QED) is 0.765. The molecule has 10 heteroatoms. The second-order valence-electron chi connectivity index (χ2n) is 5.60. The number of amides is 1. The number of methoxy groups -OCH3 is 1. The summed E-state index contributed by atoms with van der Waals surface area (Å²) in [6.45, 7) is 0.718. The van der Waals surface area contributed by atoms with E-state index in [9.17, 15) is 17.6 Å². The molecule has 1 amide bonds. The van der Waals surface area contributed by atoms with Crippen LogP contribution < -0.4 is 4.74 Å². The monoisotopic (exact) mass is 418 g/mol. The van der Waals surface area contributed by atoms with Gasteiger partial charge in [0.1, 0.15) is 15.8 Å². The lowest BCUT2D eigenvalue weighted by molar-refractivity contribution is 0.0694.